The maximum absolute atomic E-state index is 12.1. The molecule has 0 aliphatic carbocycles. The Kier molecular flexibility index (Phi) is 4.29. The van der Waals surface area contributed by atoms with Crippen LogP contribution in [0.2, 0.25) is 0 Å². The van der Waals surface area contributed by atoms with Crippen LogP contribution in [0, 0.1) is 13.8 Å². The number of nitrogens with one attached hydrogen (secondary N) is 1. The minimum atomic E-state index is -0.547. The predicted molar refractivity (Wildman–Crippen MR) is 69.2 cm³/mol. The molecule has 3 nitrogen and oxygen atoms in total. The van der Waals surface area contributed by atoms with Gasteiger partial charge >= 0.3 is 0 Å². The number of carbonyl (C=O) groups excluding carboxylic acids is 1. The van der Waals surface area contributed by atoms with Crippen molar-refractivity contribution in [1.82, 2.24) is 5.32 Å². The molecule has 0 heterocycles. The Labute approximate surface area is 103 Å². The zero-order chi connectivity index (χ0) is 13.1. The monoisotopic (exact) mass is 235 g/mol. The molecule has 0 spiro atoms. The first-order chi connectivity index (χ1) is 7.90. The highest BCUT2D eigenvalue weighted by molar-refractivity contribution is 5.95. The third-order valence-corrected chi connectivity index (χ3v) is 3.03. The van der Waals surface area contributed by atoms with Crippen LogP contribution in [0.3, 0.4) is 0 Å². The molecular formula is C14H21NO2. The highest BCUT2D eigenvalue weighted by Gasteiger charge is 2.23. The van der Waals surface area contributed by atoms with Crippen molar-refractivity contribution >= 4 is 5.91 Å². The smallest absolute Gasteiger partial charge is 0.251 e. The first kappa shape index (κ1) is 13.7. The van der Waals surface area contributed by atoms with Gasteiger partial charge in [0.25, 0.3) is 5.91 Å². The van der Waals surface area contributed by atoms with E-state index in [9.17, 15) is 9.90 Å². The average molecular weight is 235 g/mol. The van der Waals surface area contributed by atoms with Gasteiger partial charge in [0.05, 0.1) is 12.1 Å². The van der Waals surface area contributed by atoms with Crippen molar-refractivity contribution in [1.29, 1.82) is 0 Å². The summed E-state index contributed by atoms with van der Waals surface area (Å²) in [5.74, 6) is -0.129. The molecule has 2 N–H and O–H groups in total. The molecule has 1 aromatic rings. The molecule has 0 aliphatic rings. The van der Waals surface area contributed by atoms with E-state index in [2.05, 4.69) is 5.32 Å². The molecule has 1 rings (SSSR count). The number of hydrogen-bond acceptors (Lipinski definition) is 2. The van der Waals surface area contributed by atoms with E-state index in [1.807, 2.05) is 45.9 Å². The van der Waals surface area contributed by atoms with Gasteiger partial charge in [-0.1, -0.05) is 24.1 Å². The highest BCUT2D eigenvalue weighted by Crippen LogP contribution is 2.12. The zero-order valence-electron chi connectivity index (χ0n) is 11.0. The summed E-state index contributed by atoms with van der Waals surface area (Å²) in [6.45, 7) is 7.66. The fraction of sp³-hybridized carbons (Fsp3) is 0.500. The fourth-order valence-electron chi connectivity index (χ4n) is 1.69. The van der Waals surface area contributed by atoms with Gasteiger partial charge in [-0.3, -0.25) is 4.79 Å². The lowest BCUT2D eigenvalue weighted by molar-refractivity contribution is 0.0847. The summed E-state index contributed by atoms with van der Waals surface area (Å²) in [6, 6.07) is 5.74. The zero-order valence-corrected chi connectivity index (χ0v) is 11.0. The van der Waals surface area contributed by atoms with E-state index >= 15 is 0 Å². The molecule has 0 fully saturated rings. The average Bonchev–Trinajstić information content (AvgIpc) is 2.27. The molecule has 94 valence electrons. The van der Waals surface area contributed by atoms with Crippen molar-refractivity contribution in [2.45, 2.75) is 39.7 Å². The topological polar surface area (TPSA) is 49.3 Å². The molecule has 0 radical (unpaired) electrons. The Morgan fingerprint density at radius 1 is 1.29 bits per heavy atom. The van der Waals surface area contributed by atoms with Crippen LogP contribution >= 0.6 is 0 Å². The highest BCUT2D eigenvalue weighted by atomic mass is 16.3. The SMILES string of the molecule is CCC(C)(CO)NC(=O)c1cc(C)cc(C)c1. The third kappa shape index (κ3) is 3.56. The number of aliphatic hydroxyl groups is 1. The van der Waals surface area contributed by atoms with Gasteiger partial charge in [0, 0.05) is 5.56 Å². The van der Waals surface area contributed by atoms with Gasteiger partial charge in [-0.25, -0.2) is 0 Å². The quantitative estimate of drug-likeness (QED) is 0.840. The number of carbonyl (C=O) groups is 1. The second-order valence-electron chi connectivity index (χ2n) is 4.90. The minimum Gasteiger partial charge on any atom is -0.394 e. The van der Waals surface area contributed by atoms with Crippen molar-refractivity contribution in [2.75, 3.05) is 6.61 Å². The Morgan fingerprint density at radius 2 is 1.82 bits per heavy atom. The second-order valence-corrected chi connectivity index (χ2v) is 4.90. The van der Waals surface area contributed by atoms with Crippen molar-refractivity contribution in [2.24, 2.45) is 0 Å². The first-order valence-corrected chi connectivity index (χ1v) is 5.92. The van der Waals surface area contributed by atoms with Crippen molar-refractivity contribution in [3.63, 3.8) is 0 Å². The Morgan fingerprint density at radius 3 is 2.24 bits per heavy atom. The lowest BCUT2D eigenvalue weighted by Gasteiger charge is -2.27. The molecule has 1 unspecified atom stereocenters. The van der Waals surface area contributed by atoms with E-state index < -0.39 is 5.54 Å². The van der Waals surface area contributed by atoms with Gasteiger partial charge in [0.15, 0.2) is 0 Å². The Balaban J connectivity index is 2.90. The summed E-state index contributed by atoms with van der Waals surface area (Å²) >= 11 is 0. The second kappa shape index (κ2) is 5.32. The van der Waals surface area contributed by atoms with Crippen LogP contribution < -0.4 is 5.32 Å². The molecule has 0 aliphatic heterocycles. The number of rotatable bonds is 4. The first-order valence-electron chi connectivity index (χ1n) is 5.92. The van der Waals surface area contributed by atoms with Crippen molar-refractivity contribution in [3.8, 4) is 0 Å². The number of aryl methyl sites for hydroxylation is 2. The van der Waals surface area contributed by atoms with Gasteiger partial charge in [0.2, 0.25) is 0 Å². The molecule has 0 saturated carbocycles. The van der Waals surface area contributed by atoms with Crippen LogP contribution in [0.5, 0.6) is 0 Å². The normalized spacial score (nSPS) is 14.2. The van der Waals surface area contributed by atoms with Crippen LogP contribution in [-0.2, 0) is 0 Å². The van der Waals surface area contributed by atoms with Gasteiger partial charge in [-0.2, -0.15) is 0 Å². The van der Waals surface area contributed by atoms with Crippen LogP contribution in [-0.4, -0.2) is 23.2 Å². The largest absolute Gasteiger partial charge is 0.394 e. The molecule has 17 heavy (non-hydrogen) atoms. The van der Waals surface area contributed by atoms with Crippen molar-refractivity contribution in [3.05, 3.63) is 34.9 Å². The van der Waals surface area contributed by atoms with Gasteiger partial charge in [-0.15, -0.1) is 0 Å². The number of benzene rings is 1. The summed E-state index contributed by atoms with van der Waals surface area (Å²) in [5, 5.41) is 12.2. The van der Waals surface area contributed by atoms with E-state index in [-0.39, 0.29) is 12.5 Å². The lowest BCUT2D eigenvalue weighted by atomic mass is 9.99. The standard InChI is InChI=1S/C14H21NO2/c1-5-14(4,9-16)15-13(17)12-7-10(2)6-11(3)8-12/h6-8,16H,5,9H2,1-4H3,(H,15,17). The van der Waals surface area contributed by atoms with E-state index in [0.717, 1.165) is 11.1 Å². The summed E-state index contributed by atoms with van der Waals surface area (Å²) in [5.41, 5.74) is 2.24. The Hall–Kier alpha value is -1.35. The number of aliphatic hydroxyl groups excluding tert-OH is 1. The maximum atomic E-state index is 12.1. The number of hydrogen-bond donors (Lipinski definition) is 2. The summed E-state index contributed by atoms with van der Waals surface area (Å²) in [6.07, 6.45) is 0.694. The van der Waals surface area contributed by atoms with Crippen LogP contribution in [0.25, 0.3) is 0 Å². The van der Waals surface area contributed by atoms with Gasteiger partial charge < -0.3 is 10.4 Å². The van der Waals surface area contributed by atoms with E-state index in [1.54, 1.807) is 0 Å². The predicted octanol–water partition coefficient (Wildman–Crippen LogP) is 2.19. The minimum absolute atomic E-state index is 0.0555. The third-order valence-electron chi connectivity index (χ3n) is 3.03. The summed E-state index contributed by atoms with van der Waals surface area (Å²) in [4.78, 5) is 12.1. The van der Waals surface area contributed by atoms with Crippen LogP contribution in [0.1, 0.15) is 41.8 Å². The van der Waals surface area contributed by atoms with Crippen LogP contribution in [0.15, 0.2) is 18.2 Å². The fourth-order valence-corrected chi connectivity index (χ4v) is 1.69. The van der Waals surface area contributed by atoms with Gasteiger partial charge in [0.1, 0.15) is 0 Å². The molecular weight excluding hydrogens is 214 g/mol. The number of amides is 1. The molecule has 0 aromatic heterocycles. The van der Waals surface area contributed by atoms with Crippen LogP contribution in [0.4, 0.5) is 0 Å². The summed E-state index contributed by atoms with van der Waals surface area (Å²) < 4.78 is 0. The van der Waals surface area contributed by atoms with E-state index in [1.165, 1.54) is 0 Å². The molecule has 1 amide bonds. The molecule has 1 atom stereocenters. The molecule has 0 saturated heterocycles. The molecule has 1 aromatic carbocycles. The summed E-state index contributed by atoms with van der Waals surface area (Å²) in [7, 11) is 0. The molecule has 0 bridgehead atoms. The Bertz CT molecular complexity index is 388. The molecule has 3 heteroatoms. The van der Waals surface area contributed by atoms with Gasteiger partial charge in [-0.05, 0) is 39.3 Å². The van der Waals surface area contributed by atoms with E-state index in [0.29, 0.717) is 12.0 Å². The van der Waals surface area contributed by atoms with E-state index in [4.69, 9.17) is 0 Å². The van der Waals surface area contributed by atoms with Crippen molar-refractivity contribution < 1.29 is 9.90 Å². The lowest BCUT2D eigenvalue weighted by Crippen LogP contribution is -2.48. The maximum Gasteiger partial charge on any atom is 0.251 e.